The number of benzene rings is 3. The van der Waals surface area contributed by atoms with Crippen LogP contribution in [0.4, 0.5) is 0 Å². The Morgan fingerprint density at radius 3 is 1.86 bits per heavy atom. The molecule has 0 aliphatic heterocycles. The number of nitrogens with one attached hydrogen (secondary N) is 1. The highest BCUT2D eigenvalue weighted by Gasteiger charge is 2.31. The molecule has 184 valence electrons. The minimum atomic E-state index is -0.556. The Labute approximate surface area is 214 Å². The lowest BCUT2D eigenvalue weighted by atomic mass is 9.88. The Balaban J connectivity index is 1.94. The molecule has 5 heteroatoms. The van der Waals surface area contributed by atoms with Crippen LogP contribution < -0.4 is 5.32 Å². The van der Waals surface area contributed by atoms with Gasteiger partial charge in [0.2, 0.25) is 11.8 Å². The third kappa shape index (κ3) is 7.43. The van der Waals surface area contributed by atoms with Crippen molar-refractivity contribution < 1.29 is 9.59 Å². The maximum Gasteiger partial charge on any atom is 0.243 e. The molecule has 0 spiro atoms. The van der Waals surface area contributed by atoms with Crippen molar-refractivity contribution in [2.75, 3.05) is 0 Å². The van der Waals surface area contributed by atoms with Gasteiger partial charge < -0.3 is 10.2 Å². The molecule has 35 heavy (non-hydrogen) atoms. The number of halogens is 1. The van der Waals surface area contributed by atoms with Crippen LogP contribution in [-0.4, -0.2) is 28.8 Å². The maximum atomic E-state index is 14.0. The second-order valence-corrected chi connectivity index (χ2v) is 9.40. The van der Waals surface area contributed by atoms with Crippen LogP contribution in [0, 0.1) is 0 Å². The van der Waals surface area contributed by atoms with Crippen LogP contribution in [0.3, 0.4) is 0 Å². The molecule has 0 saturated carbocycles. The van der Waals surface area contributed by atoms with E-state index in [9.17, 15) is 9.59 Å². The topological polar surface area (TPSA) is 49.4 Å². The van der Waals surface area contributed by atoms with E-state index in [2.05, 4.69) is 29.6 Å². The summed E-state index contributed by atoms with van der Waals surface area (Å²) >= 11 is 6.08. The Kier molecular flexibility index (Phi) is 9.92. The van der Waals surface area contributed by atoms with E-state index in [0.717, 1.165) is 23.1 Å². The molecule has 0 saturated heterocycles. The number of carbonyl (C=O) groups is 2. The predicted octanol–water partition coefficient (Wildman–Crippen LogP) is 6.58. The van der Waals surface area contributed by atoms with Gasteiger partial charge in [-0.05, 0) is 48.6 Å². The molecule has 3 rings (SSSR count). The summed E-state index contributed by atoms with van der Waals surface area (Å²) in [4.78, 5) is 28.9. The zero-order valence-corrected chi connectivity index (χ0v) is 21.5. The third-order valence-electron chi connectivity index (χ3n) is 6.44. The minimum Gasteiger partial charge on any atom is -0.352 e. The molecule has 2 amide bonds. The first-order chi connectivity index (χ1) is 16.9. The molecule has 0 radical (unpaired) electrons. The lowest BCUT2D eigenvalue weighted by Gasteiger charge is -2.33. The average molecular weight is 491 g/mol. The van der Waals surface area contributed by atoms with Crippen molar-refractivity contribution in [3.05, 3.63) is 107 Å². The molecule has 0 aromatic heterocycles. The van der Waals surface area contributed by atoms with Crippen LogP contribution in [0.5, 0.6) is 0 Å². The summed E-state index contributed by atoms with van der Waals surface area (Å²) in [5.41, 5.74) is 3.10. The minimum absolute atomic E-state index is 0.0467. The quantitative estimate of drug-likeness (QED) is 0.330. The molecule has 3 aromatic carbocycles. The number of carbonyl (C=O) groups excluding carboxylic acids is 2. The largest absolute Gasteiger partial charge is 0.352 e. The van der Waals surface area contributed by atoms with Crippen LogP contribution in [0.1, 0.15) is 62.6 Å². The van der Waals surface area contributed by atoms with Crippen molar-refractivity contribution in [1.29, 1.82) is 0 Å². The van der Waals surface area contributed by atoms with E-state index in [0.29, 0.717) is 18.0 Å². The summed E-state index contributed by atoms with van der Waals surface area (Å²) in [5.74, 6) is -0.267. The van der Waals surface area contributed by atoms with Crippen molar-refractivity contribution in [1.82, 2.24) is 10.2 Å². The van der Waals surface area contributed by atoms with Gasteiger partial charge >= 0.3 is 0 Å². The van der Waals surface area contributed by atoms with Gasteiger partial charge in [0.05, 0.1) is 0 Å². The first kappa shape index (κ1) is 26.5. The highest BCUT2D eigenvalue weighted by molar-refractivity contribution is 6.30. The van der Waals surface area contributed by atoms with Gasteiger partial charge in [0.25, 0.3) is 0 Å². The molecule has 4 nitrogen and oxygen atoms in total. The van der Waals surface area contributed by atoms with Crippen LogP contribution in [0.25, 0.3) is 0 Å². The molecule has 0 bridgehead atoms. The first-order valence-corrected chi connectivity index (χ1v) is 12.7. The fraction of sp³-hybridized carbons (Fsp3) is 0.333. The number of hydrogen-bond acceptors (Lipinski definition) is 2. The van der Waals surface area contributed by atoms with Crippen molar-refractivity contribution in [3.63, 3.8) is 0 Å². The van der Waals surface area contributed by atoms with Gasteiger partial charge in [-0.3, -0.25) is 9.59 Å². The zero-order valence-electron chi connectivity index (χ0n) is 20.8. The maximum absolute atomic E-state index is 14.0. The normalized spacial score (nSPS) is 12.7. The molecule has 1 N–H and O–H groups in total. The van der Waals surface area contributed by atoms with E-state index in [1.54, 1.807) is 4.90 Å². The summed E-state index contributed by atoms with van der Waals surface area (Å²) in [7, 11) is 0. The van der Waals surface area contributed by atoms with E-state index in [1.165, 1.54) is 0 Å². The van der Waals surface area contributed by atoms with E-state index in [4.69, 9.17) is 11.6 Å². The summed E-state index contributed by atoms with van der Waals surface area (Å²) in [6.07, 6.45) is 1.63. The van der Waals surface area contributed by atoms with Crippen LogP contribution in [0.15, 0.2) is 84.9 Å². The molecule has 3 aromatic rings. The second kappa shape index (κ2) is 13.1. The van der Waals surface area contributed by atoms with Crippen molar-refractivity contribution >= 4 is 23.4 Å². The fourth-order valence-electron chi connectivity index (χ4n) is 4.24. The lowest BCUT2D eigenvalue weighted by molar-refractivity contribution is -0.141. The standard InChI is InChI=1S/C30H35ClN2O2/c1-4-22(3)32-30(35)28(5-2)33(21-23-16-18-26(31)19-17-23)29(34)20-27(24-12-8-6-9-13-24)25-14-10-7-11-15-25/h6-19,22,27-28H,4-5,20-21H2,1-3H3,(H,32,35)/t22-,28+/m0/s1. The average Bonchev–Trinajstić information content (AvgIpc) is 2.89. The molecule has 2 atom stereocenters. The molecule has 0 aliphatic carbocycles. The number of amides is 2. The molecule has 0 fully saturated rings. The van der Waals surface area contributed by atoms with Gasteiger partial charge in [0.1, 0.15) is 6.04 Å². The van der Waals surface area contributed by atoms with E-state index in [1.807, 2.05) is 81.4 Å². The van der Waals surface area contributed by atoms with Crippen molar-refractivity contribution in [3.8, 4) is 0 Å². The Morgan fingerprint density at radius 1 is 0.829 bits per heavy atom. The van der Waals surface area contributed by atoms with Gasteiger partial charge in [0.15, 0.2) is 0 Å². The van der Waals surface area contributed by atoms with Crippen LogP contribution in [-0.2, 0) is 16.1 Å². The van der Waals surface area contributed by atoms with Gasteiger partial charge in [-0.25, -0.2) is 0 Å². The number of rotatable bonds is 11. The highest BCUT2D eigenvalue weighted by Crippen LogP contribution is 2.29. The second-order valence-electron chi connectivity index (χ2n) is 8.97. The van der Waals surface area contributed by atoms with E-state index >= 15 is 0 Å². The third-order valence-corrected chi connectivity index (χ3v) is 6.69. The molecule has 0 aliphatic rings. The number of hydrogen-bond donors (Lipinski definition) is 1. The molecule has 0 unspecified atom stereocenters. The SMILES string of the molecule is CC[C@H](C(=O)N[C@@H](C)CC)N(Cc1ccc(Cl)cc1)C(=O)CC(c1ccccc1)c1ccccc1. The summed E-state index contributed by atoms with van der Waals surface area (Å²) in [6.45, 7) is 6.32. The van der Waals surface area contributed by atoms with Crippen molar-refractivity contribution in [2.45, 2.75) is 64.6 Å². The first-order valence-electron chi connectivity index (χ1n) is 12.4. The zero-order chi connectivity index (χ0) is 25.2. The summed E-state index contributed by atoms with van der Waals surface area (Å²) < 4.78 is 0. The monoisotopic (exact) mass is 490 g/mol. The molecular formula is C30H35ClN2O2. The summed E-state index contributed by atoms with van der Waals surface area (Å²) in [5, 5.41) is 3.71. The Bertz CT molecular complexity index is 1030. The molecule has 0 heterocycles. The van der Waals surface area contributed by atoms with E-state index in [-0.39, 0.29) is 30.2 Å². The smallest absolute Gasteiger partial charge is 0.243 e. The molecular weight excluding hydrogens is 456 g/mol. The summed E-state index contributed by atoms with van der Waals surface area (Å²) in [6, 6.07) is 27.1. The predicted molar refractivity (Wildman–Crippen MR) is 143 cm³/mol. The fourth-order valence-corrected chi connectivity index (χ4v) is 4.36. The lowest BCUT2D eigenvalue weighted by Crippen LogP contribution is -2.51. The van der Waals surface area contributed by atoms with Gasteiger partial charge in [0, 0.05) is 29.9 Å². The van der Waals surface area contributed by atoms with Gasteiger partial charge in [-0.2, -0.15) is 0 Å². The highest BCUT2D eigenvalue weighted by atomic mass is 35.5. The number of nitrogens with zero attached hydrogens (tertiary/aromatic N) is 1. The van der Waals surface area contributed by atoms with Gasteiger partial charge in [-0.1, -0.05) is 98.2 Å². The van der Waals surface area contributed by atoms with Crippen LogP contribution in [0.2, 0.25) is 5.02 Å². The van der Waals surface area contributed by atoms with Crippen molar-refractivity contribution in [2.24, 2.45) is 0 Å². The Hall–Kier alpha value is -3.11. The van der Waals surface area contributed by atoms with Gasteiger partial charge in [-0.15, -0.1) is 0 Å². The van der Waals surface area contributed by atoms with Crippen LogP contribution >= 0.6 is 11.6 Å². The Morgan fingerprint density at radius 2 is 1.37 bits per heavy atom. The van der Waals surface area contributed by atoms with E-state index < -0.39 is 6.04 Å².